The second kappa shape index (κ2) is 6.05. The van der Waals surface area contributed by atoms with E-state index in [1.54, 1.807) is 7.11 Å². The van der Waals surface area contributed by atoms with Crippen LogP contribution in [-0.2, 0) is 6.42 Å². The minimum atomic E-state index is 0.314. The zero-order chi connectivity index (χ0) is 13.0. The lowest BCUT2D eigenvalue weighted by Gasteiger charge is -2.13. The fourth-order valence-electron chi connectivity index (χ4n) is 1.96. The third kappa shape index (κ3) is 3.14. The van der Waals surface area contributed by atoms with Crippen LogP contribution in [0, 0.1) is 6.92 Å². The van der Waals surface area contributed by atoms with E-state index in [-0.39, 0.29) is 0 Å². The van der Waals surface area contributed by atoms with E-state index < -0.39 is 0 Å². The van der Waals surface area contributed by atoms with Crippen LogP contribution in [-0.4, -0.2) is 7.11 Å². The lowest BCUT2D eigenvalue weighted by molar-refractivity contribution is 0.409. The Morgan fingerprint density at radius 3 is 2.39 bits per heavy atom. The normalized spacial score (nSPS) is 12.2. The number of rotatable bonds is 4. The Bertz CT molecular complexity index is 505. The second-order valence-corrected chi connectivity index (χ2v) is 5.50. The maximum atomic E-state index is 5.38. The molecule has 0 heterocycles. The van der Waals surface area contributed by atoms with E-state index >= 15 is 0 Å². The standard InChI is InChI=1S/C16H17BrO/c1-12-7-9-13(10-8-12)15(17)11-14-5-3-4-6-16(14)18-2/h3-10,15H,11H2,1-2H3. The number of aryl methyl sites for hydroxylation is 1. The minimum Gasteiger partial charge on any atom is -0.496 e. The molecule has 18 heavy (non-hydrogen) atoms. The van der Waals surface area contributed by atoms with Crippen LogP contribution in [0.5, 0.6) is 5.75 Å². The first kappa shape index (κ1) is 13.2. The first-order chi connectivity index (χ1) is 8.70. The van der Waals surface area contributed by atoms with E-state index in [0.29, 0.717) is 4.83 Å². The van der Waals surface area contributed by atoms with Gasteiger partial charge in [-0.2, -0.15) is 0 Å². The van der Waals surface area contributed by atoms with Crippen molar-refractivity contribution in [3.8, 4) is 5.75 Å². The summed E-state index contributed by atoms with van der Waals surface area (Å²) in [4.78, 5) is 0.314. The van der Waals surface area contributed by atoms with Gasteiger partial charge in [-0.15, -0.1) is 0 Å². The van der Waals surface area contributed by atoms with Crippen molar-refractivity contribution in [3.05, 3.63) is 65.2 Å². The van der Waals surface area contributed by atoms with Gasteiger partial charge in [0.15, 0.2) is 0 Å². The molecule has 0 aliphatic carbocycles. The van der Waals surface area contributed by atoms with Gasteiger partial charge in [0.25, 0.3) is 0 Å². The maximum Gasteiger partial charge on any atom is 0.122 e. The molecule has 1 nitrogen and oxygen atoms in total. The van der Waals surface area contributed by atoms with Crippen LogP contribution >= 0.6 is 15.9 Å². The Morgan fingerprint density at radius 1 is 1.06 bits per heavy atom. The Labute approximate surface area is 117 Å². The predicted octanol–water partition coefficient (Wildman–Crippen LogP) is 4.68. The van der Waals surface area contributed by atoms with E-state index in [1.165, 1.54) is 16.7 Å². The van der Waals surface area contributed by atoms with Gasteiger partial charge in [0.2, 0.25) is 0 Å². The highest BCUT2D eigenvalue weighted by atomic mass is 79.9. The van der Waals surface area contributed by atoms with E-state index in [2.05, 4.69) is 53.2 Å². The molecule has 0 amide bonds. The molecule has 0 fully saturated rings. The van der Waals surface area contributed by atoms with Crippen molar-refractivity contribution in [3.63, 3.8) is 0 Å². The molecule has 1 atom stereocenters. The summed E-state index contributed by atoms with van der Waals surface area (Å²) in [6.45, 7) is 2.10. The van der Waals surface area contributed by atoms with Gasteiger partial charge < -0.3 is 4.74 Å². The lowest BCUT2D eigenvalue weighted by Crippen LogP contribution is -1.98. The van der Waals surface area contributed by atoms with Crippen LogP contribution in [0.4, 0.5) is 0 Å². The van der Waals surface area contributed by atoms with Crippen LogP contribution < -0.4 is 4.74 Å². The van der Waals surface area contributed by atoms with Crippen molar-refractivity contribution >= 4 is 15.9 Å². The van der Waals surface area contributed by atoms with Gasteiger partial charge in [-0.25, -0.2) is 0 Å². The summed E-state index contributed by atoms with van der Waals surface area (Å²) in [6.07, 6.45) is 0.924. The van der Waals surface area contributed by atoms with Crippen LogP contribution in [0.15, 0.2) is 48.5 Å². The van der Waals surface area contributed by atoms with Crippen molar-refractivity contribution in [2.45, 2.75) is 18.2 Å². The van der Waals surface area contributed by atoms with Crippen molar-refractivity contribution in [2.75, 3.05) is 7.11 Å². The fourth-order valence-corrected chi connectivity index (χ4v) is 2.61. The van der Waals surface area contributed by atoms with Crippen molar-refractivity contribution in [1.29, 1.82) is 0 Å². The minimum absolute atomic E-state index is 0.314. The van der Waals surface area contributed by atoms with Gasteiger partial charge in [0, 0.05) is 4.83 Å². The third-order valence-electron chi connectivity index (χ3n) is 3.03. The number of methoxy groups -OCH3 is 1. The average Bonchev–Trinajstić information content (AvgIpc) is 2.40. The first-order valence-corrected chi connectivity index (χ1v) is 6.95. The highest BCUT2D eigenvalue weighted by Gasteiger charge is 2.11. The largest absolute Gasteiger partial charge is 0.496 e. The molecule has 94 valence electrons. The number of hydrogen-bond donors (Lipinski definition) is 0. The zero-order valence-corrected chi connectivity index (χ0v) is 12.3. The number of alkyl halides is 1. The van der Waals surface area contributed by atoms with Crippen molar-refractivity contribution < 1.29 is 4.74 Å². The monoisotopic (exact) mass is 304 g/mol. The van der Waals surface area contributed by atoms with Gasteiger partial charge in [-0.1, -0.05) is 64.0 Å². The summed E-state index contributed by atoms with van der Waals surface area (Å²) in [5, 5.41) is 0. The van der Waals surface area contributed by atoms with E-state index in [1.807, 2.05) is 18.2 Å². The predicted molar refractivity (Wildman–Crippen MR) is 79.5 cm³/mol. The van der Waals surface area contributed by atoms with Gasteiger partial charge in [0.05, 0.1) is 7.11 Å². The second-order valence-electron chi connectivity index (χ2n) is 4.39. The molecule has 2 rings (SSSR count). The Morgan fingerprint density at radius 2 is 1.72 bits per heavy atom. The molecule has 2 aromatic carbocycles. The topological polar surface area (TPSA) is 9.23 Å². The first-order valence-electron chi connectivity index (χ1n) is 6.03. The van der Waals surface area contributed by atoms with Gasteiger partial charge in [0.1, 0.15) is 5.75 Å². The SMILES string of the molecule is COc1ccccc1CC(Br)c1ccc(C)cc1. The van der Waals surface area contributed by atoms with Crippen LogP contribution in [0.1, 0.15) is 21.5 Å². The average molecular weight is 305 g/mol. The third-order valence-corrected chi connectivity index (χ3v) is 3.88. The lowest BCUT2D eigenvalue weighted by atomic mass is 10.0. The van der Waals surface area contributed by atoms with Crippen LogP contribution in [0.2, 0.25) is 0 Å². The van der Waals surface area contributed by atoms with Crippen molar-refractivity contribution in [2.24, 2.45) is 0 Å². The molecule has 0 saturated carbocycles. The smallest absolute Gasteiger partial charge is 0.122 e. The summed E-state index contributed by atoms with van der Waals surface area (Å²) in [5.74, 6) is 0.953. The molecule has 0 saturated heterocycles. The molecule has 0 bridgehead atoms. The number of hydrogen-bond acceptors (Lipinski definition) is 1. The Hall–Kier alpha value is -1.28. The molecule has 0 aliphatic heterocycles. The molecule has 0 aromatic heterocycles. The van der Waals surface area contributed by atoms with Crippen LogP contribution in [0.3, 0.4) is 0 Å². The van der Waals surface area contributed by atoms with E-state index in [9.17, 15) is 0 Å². The summed E-state index contributed by atoms with van der Waals surface area (Å²) >= 11 is 3.76. The summed E-state index contributed by atoms with van der Waals surface area (Å²) in [7, 11) is 1.72. The highest BCUT2D eigenvalue weighted by Crippen LogP contribution is 2.30. The molecular weight excluding hydrogens is 288 g/mol. The molecule has 2 heteroatoms. The Balaban J connectivity index is 2.15. The number of para-hydroxylation sites is 1. The molecule has 2 aromatic rings. The summed E-state index contributed by atoms with van der Waals surface area (Å²) < 4.78 is 5.38. The molecule has 0 aliphatic rings. The van der Waals surface area contributed by atoms with Gasteiger partial charge >= 0.3 is 0 Å². The summed E-state index contributed by atoms with van der Waals surface area (Å²) in [6, 6.07) is 16.8. The summed E-state index contributed by atoms with van der Waals surface area (Å²) in [5.41, 5.74) is 3.81. The van der Waals surface area contributed by atoms with Gasteiger partial charge in [-0.05, 0) is 30.5 Å². The van der Waals surface area contributed by atoms with E-state index in [0.717, 1.165) is 12.2 Å². The molecular formula is C16H17BrO. The fraction of sp³-hybridized carbons (Fsp3) is 0.250. The van der Waals surface area contributed by atoms with Crippen LogP contribution in [0.25, 0.3) is 0 Å². The Kier molecular flexibility index (Phi) is 4.43. The molecule has 1 unspecified atom stereocenters. The number of ether oxygens (including phenoxy) is 1. The highest BCUT2D eigenvalue weighted by molar-refractivity contribution is 9.09. The number of halogens is 1. The molecule has 0 N–H and O–H groups in total. The van der Waals surface area contributed by atoms with E-state index in [4.69, 9.17) is 4.74 Å². The maximum absolute atomic E-state index is 5.38. The van der Waals surface area contributed by atoms with Crippen molar-refractivity contribution in [1.82, 2.24) is 0 Å². The number of benzene rings is 2. The quantitative estimate of drug-likeness (QED) is 0.745. The van der Waals surface area contributed by atoms with Gasteiger partial charge in [-0.3, -0.25) is 0 Å². The zero-order valence-electron chi connectivity index (χ0n) is 10.7. The molecule has 0 radical (unpaired) electrons. The molecule has 0 spiro atoms.